The number of sulfonamides is 1. The van der Waals surface area contributed by atoms with Crippen LogP contribution in [0.25, 0.3) is 10.9 Å². The van der Waals surface area contributed by atoms with Crippen molar-refractivity contribution in [3.05, 3.63) is 69.7 Å². The largest absolute Gasteiger partial charge is 0.296 e. The molecule has 0 unspecified atom stereocenters. The summed E-state index contributed by atoms with van der Waals surface area (Å²) in [5.41, 5.74) is 1.46. The predicted molar refractivity (Wildman–Crippen MR) is 109 cm³/mol. The summed E-state index contributed by atoms with van der Waals surface area (Å²) in [5.74, 6) is 0. The third kappa shape index (κ3) is 3.45. The van der Waals surface area contributed by atoms with Crippen molar-refractivity contribution >= 4 is 32.5 Å². The van der Waals surface area contributed by atoms with Crippen LogP contribution >= 0.6 is 11.6 Å². The Balaban J connectivity index is 1.55. The molecule has 0 bridgehead atoms. The van der Waals surface area contributed by atoms with Crippen molar-refractivity contribution in [2.45, 2.75) is 30.7 Å². The van der Waals surface area contributed by atoms with Crippen LogP contribution in [-0.4, -0.2) is 35.4 Å². The molecular weight excluding hydrogens is 398 g/mol. The van der Waals surface area contributed by atoms with Crippen molar-refractivity contribution in [1.82, 2.24) is 13.9 Å². The smallest absolute Gasteiger partial charge is 0.261 e. The lowest BCUT2D eigenvalue weighted by Crippen LogP contribution is -2.40. The summed E-state index contributed by atoms with van der Waals surface area (Å²) < 4.78 is 28.8. The first-order valence-electron chi connectivity index (χ1n) is 9.09. The molecule has 0 radical (unpaired) electrons. The van der Waals surface area contributed by atoms with E-state index in [2.05, 4.69) is 4.98 Å². The van der Waals surface area contributed by atoms with Crippen molar-refractivity contribution in [2.24, 2.45) is 0 Å². The molecule has 1 aromatic heterocycles. The maximum Gasteiger partial charge on any atom is 0.261 e. The van der Waals surface area contributed by atoms with E-state index >= 15 is 0 Å². The fraction of sp³-hybridized carbons (Fsp3) is 0.300. The van der Waals surface area contributed by atoms with E-state index < -0.39 is 10.0 Å². The number of benzene rings is 2. The normalized spacial score (nSPS) is 16.5. The van der Waals surface area contributed by atoms with Gasteiger partial charge in [-0.3, -0.25) is 9.36 Å². The first kappa shape index (κ1) is 19.1. The van der Waals surface area contributed by atoms with Crippen molar-refractivity contribution < 1.29 is 8.42 Å². The number of aromatic nitrogens is 2. The molecule has 4 rings (SSSR count). The predicted octanol–water partition coefficient (Wildman–Crippen LogP) is 3.38. The van der Waals surface area contributed by atoms with Gasteiger partial charge in [-0.1, -0.05) is 29.3 Å². The Hall–Kier alpha value is -2.22. The molecule has 0 amide bonds. The quantitative estimate of drug-likeness (QED) is 0.654. The van der Waals surface area contributed by atoms with Crippen molar-refractivity contribution in [1.29, 1.82) is 0 Å². The van der Waals surface area contributed by atoms with Gasteiger partial charge in [-0.25, -0.2) is 13.4 Å². The molecule has 2 aromatic carbocycles. The van der Waals surface area contributed by atoms with Gasteiger partial charge in [0.2, 0.25) is 10.0 Å². The van der Waals surface area contributed by atoms with Crippen LogP contribution in [0.3, 0.4) is 0 Å². The van der Waals surface area contributed by atoms with E-state index in [4.69, 9.17) is 11.6 Å². The van der Waals surface area contributed by atoms with Gasteiger partial charge in [-0.15, -0.1) is 0 Å². The Morgan fingerprint density at radius 2 is 1.75 bits per heavy atom. The Labute approximate surface area is 168 Å². The SMILES string of the molecule is Cc1ccc(S(=O)(=O)N2CCC(n3cnc4cc(Cl)ccc4c3=O)CC2)cc1. The Bertz CT molecular complexity index is 1180. The maximum atomic E-state index is 12.8. The van der Waals surface area contributed by atoms with Crippen molar-refractivity contribution in [3.8, 4) is 0 Å². The lowest BCUT2D eigenvalue weighted by molar-refractivity contribution is 0.269. The van der Waals surface area contributed by atoms with Crippen LogP contribution < -0.4 is 5.56 Å². The molecule has 1 fully saturated rings. The molecule has 0 N–H and O–H groups in total. The van der Waals surface area contributed by atoms with Gasteiger partial charge in [0.1, 0.15) is 0 Å². The lowest BCUT2D eigenvalue weighted by atomic mass is 10.1. The number of fused-ring (bicyclic) bond motifs is 1. The molecular formula is C20H20ClN3O3S. The number of hydrogen-bond acceptors (Lipinski definition) is 4. The second kappa shape index (κ2) is 7.31. The summed E-state index contributed by atoms with van der Waals surface area (Å²) in [5, 5.41) is 1.05. The van der Waals surface area contributed by atoms with Gasteiger partial charge < -0.3 is 0 Å². The Morgan fingerprint density at radius 3 is 2.43 bits per heavy atom. The van der Waals surface area contributed by atoms with Crippen molar-refractivity contribution in [2.75, 3.05) is 13.1 Å². The zero-order valence-corrected chi connectivity index (χ0v) is 16.9. The van der Waals surface area contributed by atoms with Crippen molar-refractivity contribution in [3.63, 3.8) is 0 Å². The first-order chi connectivity index (χ1) is 13.4. The molecule has 8 heteroatoms. The lowest BCUT2D eigenvalue weighted by Gasteiger charge is -2.32. The molecule has 6 nitrogen and oxygen atoms in total. The summed E-state index contributed by atoms with van der Waals surface area (Å²) >= 11 is 5.97. The number of nitrogens with zero attached hydrogens (tertiary/aromatic N) is 3. The topological polar surface area (TPSA) is 72.3 Å². The standard InChI is InChI=1S/C20H20ClN3O3S/c1-14-2-5-17(6-3-14)28(26,27)23-10-8-16(9-11-23)24-13-22-19-12-15(21)4-7-18(19)20(24)25/h2-7,12-13,16H,8-11H2,1H3. The summed E-state index contributed by atoms with van der Waals surface area (Å²) in [6, 6.07) is 11.8. The van der Waals surface area contributed by atoms with Crippen LogP contribution in [-0.2, 0) is 10.0 Å². The van der Waals surface area contributed by atoms with Gasteiger partial charge >= 0.3 is 0 Å². The summed E-state index contributed by atoms with van der Waals surface area (Å²) in [6.45, 7) is 2.66. The molecule has 0 aliphatic carbocycles. The minimum atomic E-state index is -3.52. The molecule has 3 aromatic rings. The Morgan fingerprint density at radius 1 is 1.07 bits per heavy atom. The van der Waals surface area contributed by atoms with Gasteiger partial charge in [0.05, 0.1) is 22.1 Å². The van der Waals surface area contributed by atoms with E-state index in [1.807, 2.05) is 6.92 Å². The Kier molecular flexibility index (Phi) is 4.99. The number of aryl methyl sites for hydroxylation is 1. The number of hydrogen-bond donors (Lipinski definition) is 0. The molecule has 0 spiro atoms. The summed E-state index contributed by atoms with van der Waals surface area (Å²) in [6.07, 6.45) is 2.66. The molecule has 28 heavy (non-hydrogen) atoms. The fourth-order valence-corrected chi connectivity index (χ4v) is 5.22. The highest BCUT2D eigenvalue weighted by Crippen LogP contribution is 2.26. The summed E-state index contributed by atoms with van der Waals surface area (Å²) in [4.78, 5) is 17.5. The highest BCUT2D eigenvalue weighted by molar-refractivity contribution is 7.89. The third-order valence-electron chi connectivity index (χ3n) is 5.22. The monoisotopic (exact) mass is 417 g/mol. The minimum Gasteiger partial charge on any atom is -0.296 e. The number of piperidine rings is 1. The fourth-order valence-electron chi connectivity index (χ4n) is 3.59. The van der Waals surface area contributed by atoms with E-state index in [1.54, 1.807) is 47.0 Å². The highest BCUT2D eigenvalue weighted by Gasteiger charge is 2.30. The molecule has 1 saturated heterocycles. The van der Waals surface area contributed by atoms with Crippen LogP contribution in [0, 0.1) is 6.92 Å². The van der Waals surface area contributed by atoms with Crippen LogP contribution in [0.2, 0.25) is 5.02 Å². The number of halogens is 1. The van der Waals surface area contributed by atoms with Gasteiger partial charge in [0, 0.05) is 24.2 Å². The second-order valence-electron chi connectivity index (χ2n) is 7.07. The molecule has 2 heterocycles. The van der Waals surface area contributed by atoms with E-state index in [0.29, 0.717) is 46.8 Å². The van der Waals surface area contributed by atoms with Gasteiger partial charge in [0.15, 0.2) is 0 Å². The van der Waals surface area contributed by atoms with E-state index in [1.165, 1.54) is 10.6 Å². The highest BCUT2D eigenvalue weighted by atomic mass is 35.5. The van der Waals surface area contributed by atoms with Crippen LogP contribution in [0.15, 0.2) is 58.5 Å². The molecule has 1 aliphatic heterocycles. The minimum absolute atomic E-state index is 0.0791. The van der Waals surface area contributed by atoms with Gasteiger partial charge in [-0.05, 0) is 50.1 Å². The molecule has 146 valence electrons. The molecule has 0 saturated carbocycles. The maximum absolute atomic E-state index is 12.8. The second-order valence-corrected chi connectivity index (χ2v) is 9.44. The van der Waals surface area contributed by atoms with E-state index in [-0.39, 0.29) is 11.6 Å². The summed E-state index contributed by atoms with van der Waals surface area (Å²) in [7, 11) is -3.52. The van der Waals surface area contributed by atoms with Crippen LogP contribution in [0.1, 0.15) is 24.4 Å². The average Bonchev–Trinajstić information content (AvgIpc) is 2.68. The van der Waals surface area contributed by atoms with Gasteiger partial charge in [-0.2, -0.15) is 4.31 Å². The zero-order chi connectivity index (χ0) is 19.9. The average molecular weight is 418 g/mol. The number of rotatable bonds is 3. The first-order valence-corrected chi connectivity index (χ1v) is 10.9. The van der Waals surface area contributed by atoms with Crippen LogP contribution in [0.5, 0.6) is 0 Å². The van der Waals surface area contributed by atoms with E-state index in [9.17, 15) is 13.2 Å². The molecule has 1 aliphatic rings. The molecule has 0 atom stereocenters. The van der Waals surface area contributed by atoms with Crippen LogP contribution in [0.4, 0.5) is 0 Å². The van der Waals surface area contributed by atoms with Gasteiger partial charge in [0.25, 0.3) is 5.56 Å². The van der Waals surface area contributed by atoms with E-state index in [0.717, 1.165) is 5.56 Å². The zero-order valence-electron chi connectivity index (χ0n) is 15.4. The third-order valence-corrected chi connectivity index (χ3v) is 7.37.